The topological polar surface area (TPSA) is 64.4 Å². The van der Waals surface area contributed by atoms with Crippen LogP contribution in [0.15, 0.2) is 65.5 Å². The van der Waals surface area contributed by atoms with Crippen molar-refractivity contribution in [3.05, 3.63) is 88.9 Å². The van der Waals surface area contributed by atoms with Gasteiger partial charge >= 0.3 is 0 Å². The normalized spacial score (nSPS) is 11.6. The largest absolute Gasteiger partial charge is 0.493 e. The molecule has 0 aliphatic rings. The van der Waals surface area contributed by atoms with Crippen molar-refractivity contribution in [1.82, 2.24) is 10.3 Å². The van der Waals surface area contributed by atoms with Crippen molar-refractivity contribution < 1.29 is 13.9 Å². The van der Waals surface area contributed by atoms with Crippen molar-refractivity contribution >= 4 is 22.4 Å². The molecular weight excluding hydrogens is 424 g/mol. The maximum absolute atomic E-state index is 12.7. The van der Waals surface area contributed by atoms with Gasteiger partial charge in [-0.1, -0.05) is 23.8 Å². The van der Waals surface area contributed by atoms with E-state index in [9.17, 15) is 4.79 Å². The number of pyridine rings is 1. The van der Waals surface area contributed by atoms with Crippen LogP contribution in [0.3, 0.4) is 0 Å². The molecule has 1 N–H and O–H groups in total. The standard InChI is InChI=1S/C29H30N2O3/c1-6-33-28-21(5)29-25(26(17-34-29)23-8-7-18(2)13-19(23)3)15-24(28)20(4)14-27(32)31-16-22-9-11-30-12-10-22/h7-15,17H,6,16H2,1-5H3,(H,31,32)/b20-14+. The van der Waals surface area contributed by atoms with E-state index in [1.165, 1.54) is 11.1 Å². The quantitative estimate of drug-likeness (QED) is 0.322. The smallest absolute Gasteiger partial charge is 0.244 e. The summed E-state index contributed by atoms with van der Waals surface area (Å²) in [5.41, 5.74) is 9.03. The number of aryl methyl sites for hydroxylation is 3. The second-order valence-electron chi connectivity index (χ2n) is 8.56. The van der Waals surface area contributed by atoms with E-state index in [1.54, 1.807) is 18.5 Å². The Bertz CT molecular complexity index is 1370. The van der Waals surface area contributed by atoms with Crippen LogP contribution in [0.25, 0.3) is 27.7 Å². The summed E-state index contributed by atoms with van der Waals surface area (Å²) in [5.74, 6) is 0.587. The minimum absolute atomic E-state index is 0.156. The van der Waals surface area contributed by atoms with Crippen molar-refractivity contribution in [1.29, 1.82) is 0 Å². The summed E-state index contributed by atoms with van der Waals surface area (Å²) in [6, 6.07) is 12.3. The van der Waals surface area contributed by atoms with Crippen molar-refractivity contribution in [2.75, 3.05) is 6.61 Å². The van der Waals surface area contributed by atoms with Gasteiger partial charge in [0, 0.05) is 47.1 Å². The van der Waals surface area contributed by atoms with Crippen molar-refractivity contribution in [2.24, 2.45) is 0 Å². The van der Waals surface area contributed by atoms with Crippen molar-refractivity contribution in [2.45, 2.75) is 41.2 Å². The first-order chi connectivity index (χ1) is 16.4. The molecule has 0 atom stereocenters. The lowest BCUT2D eigenvalue weighted by Crippen LogP contribution is -2.20. The molecule has 0 saturated carbocycles. The number of ether oxygens (including phenoxy) is 1. The fourth-order valence-electron chi connectivity index (χ4n) is 4.28. The van der Waals surface area contributed by atoms with E-state index in [1.807, 2.05) is 39.2 Å². The lowest BCUT2D eigenvalue weighted by atomic mass is 9.94. The van der Waals surface area contributed by atoms with E-state index in [4.69, 9.17) is 9.15 Å². The molecule has 0 fully saturated rings. The number of rotatable bonds is 7. The summed E-state index contributed by atoms with van der Waals surface area (Å²) >= 11 is 0. The van der Waals surface area contributed by atoms with Crippen LogP contribution in [-0.2, 0) is 11.3 Å². The van der Waals surface area contributed by atoms with Crippen LogP contribution in [0.1, 0.15) is 41.7 Å². The molecule has 0 aliphatic heterocycles. The second-order valence-corrected chi connectivity index (χ2v) is 8.56. The van der Waals surface area contributed by atoms with Crippen LogP contribution >= 0.6 is 0 Å². The minimum atomic E-state index is -0.156. The van der Waals surface area contributed by atoms with E-state index in [-0.39, 0.29) is 5.91 Å². The number of carbonyl (C=O) groups is 1. The minimum Gasteiger partial charge on any atom is -0.493 e. The average Bonchev–Trinajstić information content (AvgIpc) is 3.24. The number of benzene rings is 2. The van der Waals surface area contributed by atoms with Gasteiger partial charge in [0.05, 0.1) is 12.9 Å². The molecule has 0 radical (unpaired) electrons. The summed E-state index contributed by atoms with van der Waals surface area (Å²) in [5, 5.41) is 3.95. The van der Waals surface area contributed by atoms with Gasteiger partial charge in [0.1, 0.15) is 11.3 Å². The SMILES string of the molecule is CCOc1c(/C(C)=C/C(=O)NCc2ccncc2)cc2c(-c3ccc(C)cc3C)coc2c1C. The van der Waals surface area contributed by atoms with Crippen LogP contribution in [0.2, 0.25) is 0 Å². The van der Waals surface area contributed by atoms with Crippen LogP contribution in [0.5, 0.6) is 5.75 Å². The Balaban J connectivity index is 1.74. The van der Waals surface area contributed by atoms with Gasteiger partial charge in [-0.05, 0) is 75.1 Å². The Morgan fingerprint density at radius 3 is 2.56 bits per heavy atom. The maximum Gasteiger partial charge on any atom is 0.244 e. The molecule has 5 heteroatoms. The van der Waals surface area contributed by atoms with E-state index >= 15 is 0 Å². The zero-order valence-electron chi connectivity index (χ0n) is 20.4. The van der Waals surface area contributed by atoms with Gasteiger partial charge in [-0.2, -0.15) is 0 Å². The molecule has 0 spiro atoms. The van der Waals surface area contributed by atoms with Gasteiger partial charge < -0.3 is 14.5 Å². The number of amides is 1. The lowest BCUT2D eigenvalue weighted by molar-refractivity contribution is -0.116. The first-order valence-corrected chi connectivity index (χ1v) is 11.5. The summed E-state index contributed by atoms with van der Waals surface area (Å²) < 4.78 is 12.0. The molecule has 0 bridgehead atoms. The fourth-order valence-corrected chi connectivity index (χ4v) is 4.28. The Labute approximate surface area is 200 Å². The molecule has 4 aromatic rings. The number of nitrogens with one attached hydrogen (secondary N) is 1. The predicted molar refractivity (Wildman–Crippen MR) is 137 cm³/mol. The maximum atomic E-state index is 12.7. The monoisotopic (exact) mass is 454 g/mol. The molecule has 174 valence electrons. The third-order valence-electron chi connectivity index (χ3n) is 5.99. The first kappa shape index (κ1) is 23.3. The number of carbonyl (C=O) groups excluding carboxylic acids is 1. The molecule has 4 rings (SSSR count). The second kappa shape index (κ2) is 9.96. The zero-order valence-corrected chi connectivity index (χ0v) is 20.4. The molecule has 2 aromatic carbocycles. The Morgan fingerprint density at radius 2 is 1.85 bits per heavy atom. The molecule has 2 aromatic heterocycles. The Hall–Kier alpha value is -3.86. The van der Waals surface area contributed by atoms with Crippen molar-refractivity contribution in [3.63, 3.8) is 0 Å². The summed E-state index contributed by atoms with van der Waals surface area (Å²) in [4.78, 5) is 16.7. The predicted octanol–water partition coefficient (Wildman–Crippen LogP) is 6.54. The number of fused-ring (bicyclic) bond motifs is 1. The highest BCUT2D eigenvalue weighted by molar-refractivity contribution is 6.02. The molecular formula is C29H30N2O3. The average molecular weight is 455 g/mol. The van der Waals surface area contributed by atoms with Gasteiger partial charge in [0.15, 0.2) is 0 Å². The van der Waals surface area contributed by atoms with Gasteiger partial charge in [0.25, 0.3) is 0 Å². The van der Waals surface area contributed by atoms with Crippen molar-refractivity contribution in [3.8, 4) is 16.9 Å². The third kappa shape index (κ3) is 4.74. The van der Waals surface area contributed by atoms with Crippen LogP contribution in [-0.4, -0.2) is 17.5 Å². The fraction of sp³-hybridized carbons (Fsp3) is 0.241. The van der Waals surface area contributed by atoms with Gasteiger partial charge in [-0.3, -0.25) is 9.78 Å². The molecule has 34 heavy (non-hydrogen) atoms. The number of furan rings is 1. The highest BCUT2D eigenvalue weighted by Crippen LogP contribution is 2.41. The lowest BCUT2D eigenvalue weighted by Gasteiger charge is -2.15. The molecule has 0 aliphatic carbocycles. The Kier molecular flexibility index (Phi) is 6.82. The number of allylic oxidation sites excluding steroid dienone is 1. The highest BCUT2D eigenvalue weighted by Gasteiger charge is 2.20. The number of nitrogens with zero attached hydrogens (tertiary/aromatic N) is 1. The molecule has 0 unspecified atom stereocenters. The summed E-state index contributed by atoms with van der Waals surface area (Å²) in [7, 11) is 0. The number of hydrogen-bond donors (Lipinski definition) is 1. The summed E-state index contributed by atoms with van der Waals surface area (Å²) in [6.45, 7) is 11.1. The highest BCUT2D eigenvalue weighted by atomic mass is 16.5. The third-order valence-corrected chi connectivity index (χ3v) is 5.99. The van der Waals surface area contributed by atoms with E-state index in [2.05, 4.69) is 48.4 Å². The van der Waals surface area contributed by atoms with E-state index in [0.29, 0.717) is 13.2 Å². The molecule has 0 saturated heterocycles. The number of aromatic nitrogens is 1. The zero-order chi connectivity index (χ0) is 24.2. The van der Waals surface area contributed by atoms with Gasteiger partial charge in [-0.15, -0.1) is 0 Å². The van der Waals surface area contributed by atoms with Crippen LogP contribution in [0, 0.1) is 20.8 Å². The van der Waals surface area contributed by atoms with E-state index in [0.717, 1.165) is 50.1 Å². The van der Waals surface area contributed by atoms with Crippen LogP contribution in [0.4, 0.5) is 0 Å². The molecule has 2 heterocycles. The number of hydrogen-bond acceptors (Lipinski definition) is 4. The van der Waals surface area contributed by atoms with E-state index < -0.39 is 0 Å². The van der Waals surface area contributed by atoms with Crippen LogP contribution < -0.4 is 10.1 Å². The van der Waals surface area contributed by atoms with Gasteiger partial charge in [0.2, 0.25) is 5.91 Å². The Morgan fingerprint density at radius 1 is 1.09 bits per heavy atom. The molecule has 5 nitrogen and oxygen atoms in total. The molecule has 1 amide bonds. The first-order valence-electron chi connectivity index (χ1n) is 11.5. The summed E-state index contributed by atoms with van der Waals surface area (Å²) in [6.07, 6.45) is 6.87. The van der Waals surface area contributed by atoms with Gasteiger partial charge in [-0.25, -0.2) is 0 Å².